The van der Waals surface area contributed by atoms with E-state index in [9.17, 15) is 40.9 Å². The fourth-order valence-electron chi connectivity index (χ4n) is 8.12. The van der Waals surface area contributed by atoms with E-state index >= 15 is 0 Å². The van der Waals surface area contributed by atoms with E-state index in [0.717, 1.165) is 0 Å². The van der Waals surface area contributed by atoms with Gasteiger partial charge in [0.15, 0.2) is 12.6 Å². The summed E-state index contributed by atoms with van der Waals surface area (Å²) in [7, 11) is 3.60. The Balaban J connectivity index is 1.23. The first-order valence-corrected chi connectivity index (χ1v) is 20.1. The van der Waals surface area contributed by atoms with Gasteiger partial charge in [0, 0.05) is 57.4 Å². The van der Waals surface area contributed by atoms with Crippen molar-refractivity contribution in [2.75, 3.05) is 66.6 Å². The molecule has 23 nitrogen and oxygen atoms in total. The summed E-state index contributed by atoms with van der Waals surface area (Å²) in [4.78, 5) is 3.73. The molecule has 23 heteroatoms. The van der Waals surface area contributed by atoms with E-state index in [1.807, 2.05) is 16.7 Å². The molecule has 0 bridgehead atoms. The molecule has 2 heterocycles. The van der Waals surface area contributed by atoms with E-state index < -0.39 is 128 Å². The first-order valence-electron chi connectivity index (χ1n) is 20.1. The lowest BCUT2D eigenvalue weighted by molar-refractivity contribution is -0.293. The Bertz CT molecular complexity index is 1120. The molecule has 22 N–H and O–H groups in total. The van der Waals surface area contributed by atoms with Gasteiger partial charge in [-0.3, -0.25) is 0 Å². The first kappa shape index (κ1) is 49.7. The predicted molar refractivity (Wildman–Crippen MR) is 206 cm³/mol. The van der Waals surface area contributed by atoms with Crippen LogP contribution in [0.4, 0.5) is 0 Å². The van der Waals surface area contributed by atoms with Gasteiger partial charge in [-0.25, -0.2) is 0 Å². The fourth-order valence-corrected chi connectivity index (χ4v) is 8.12. The average Bonchev–Trinajstić information content (AvgIpc) is 3.17. The molecule has 0 spiro atoms. The van der Waals surface area contributed by atoms with Crippen LogP contribution in [0.3, 0.4) is 0 Å². The smallest absolute Gasteiger partial charge is 0.176 e. The number of aliphatic hydroxyl groups excluding tert-OH is 8. The number of likely N-dealkylation sites (N-methyl/N-ethyl adjacent to an activating group) is 2. The molecule has 2 saturated heterocycles. The number of nitrogens with zero attached hydrogens (tertiary/aromatic N) is 2. The van der Waals surface area contributed by atoms with Gasteiger partial charge in [-0.05, 0) is 32.9 Å². The molecule has 2 aliphatic heterocycles. The minimum Gasteiger partial charge on any atom is -0.390 e. The lowest BCUT2D eigenvalue weighted by atomic mass is 9.80. The predicted octanol–water partition coefficient (Wildman–Crippen LogP) is -9.27. The largest absolute Gasteiger partial charge is 0.390 e. The summed E-state index contributed by atoms with van der Waals surface area (Å²) >= 11 is 0. The maximum atomic E-state index is 11.1. The SMILES string of the molecule is CC1CC(N)C(OC2OC(CN)C(O)C(O)C2N)C(OC[C@H](O)CN(C)CCN(C)C[C@@H](O)COC2C(O)C(N)CC(N)C2OC2OC(CN)C(O)C(O)C2N)C1O. The van der Waals surface area contributed by atoms with Crippen LogP contribution in [0.15, 0.2) is 0 Å². The third-order valence-electron chi connectivity index (χ3n) is 11.8. The van der Waals surface area contributed by atoms with Gasteiger partial charge in [-0.15, -0.1) is 0 Å². The molecule has 2 aliphatic carbocycles. The van der Waals surface area contributed by atoms with E-state index in [1.165, 1.54) is 0 Å². The zero-order valence-electron chi connectivity index (χ0n) is 33.7. The Labute approximate surface area is 339 Å². The summed E-state index contributed by atoms with van der Waals surface area (Å²) in [6.07, 6.45) is -17.2. The second-order valence-electron chi connectivity index (χ2n) is 16.7. The van der Waals surface area contributed by atoms with Crippen LogP contribution >= 0.6 is 0 Å². The highest BCUT2D eigenvalue weighted by molar-refractivity contribution is 5.01. The molecule has 58 heavy (non-hydrogen) atoms. The second-order valence-corrected chi connectivity index (χ2v) is 16.7. The zero-order chi connectivity index (χ0) is 43.2. The number of hydrogen-bond donors (Lipinski definition) is 15. The van der Waals surface area contributed by atoms with Crippen molar-refractivity contribution in [3.8, 4) is 0 Å². The van der Waals surface area contributed by atoms with Crippen LogP contribution in [0.5, 0.6) is 0 Å². The third kappa shape index (κ3) is 12.4. The molecule has 0 amide bonds. The summed E-state index contributed by atoms with van der Waals surface area (Å²) in [6.45, 7) is 2.60. The van der Waals surface area contributed by atoms with Crippen molar-refractivity contribution in [3.05, 3.63) is 0 Å². The van der Waals surface area contributed by atoms with Crippen LogP contribution in [0, 0.1) is 5.92 Å². The molecule has 22 atom stereocenters. The molecule has 4 aliphatic rings. The van der Waals surface area contributed by atoms with E-state index in [2.05, 4.69) is 0 Å². The average molecular weight is 844 g/mol. The van der Waals surface area contributed by atoms with E-state index in [-0.39, 0.29) is 51.7 Å². The molecule has 342 valence electrons. The molecule has 20 unspecified atom stereocenters. The summed E-state index contributed by atoms with van der Waals surface area (Å²) in [6, 6.07) is -4.33. The van der Waals surface area contributed by atoms with Crippen molar-refractivity contribution in [2.24, 2.45) is 46.1 Å². The lowest BCUT2D eigenvalue weighted by Crippen LogP contribution is -2.68. The van der Waals surface area contributed by atoms with Crippen molar-refractivity contribution in [1.29, 1.82) is 0 Å². The molecule has 4 rings (SSSR count). The molecule has 0 aromatic heterocycles. The number of hydrogen-bond acceptors (Lipinski definition) is 23. The minimum atomic E-state index is -1.39. The molecule has 0 aromatic carbocycles. The topological polar surface area (TPSA) is 406 Å². The van der Waals surface area contributed by atoms with Gasteiger partial charge in [-0.1, -0.05) is 6.92 Å². The summed E-state index contributed by atoms with van der Waals surface area (Å²) in [5.41, 5.74) is 42.5. The maximum Gasteiger partial charge on any atom is 0.176 e. The lowest BCUT2D eigenvalue weighted by Gasteiger charge is -2.47. The fraction of sp³-hybridized carbons (Fsp3) is 1.00. The van der Waals surface area contributed by atoms with E-state index in [1.54, 1.807) is 14.1 Å². The van der Waals surface area contributed by atoms with E-state index in [0.29, 0.717) is 19.5 Å². The molecule has 2 saturated carbocycles. The Morgan fingerprint density at radius 2 is 0.966 bits per heavy atom. The van der Waals surface area contributed by atoms with Gasteiger partial charge in [-0.2, -0.15) is 0 Å². The van der Waals surface area contributed by atoms with Crippen LogP contribution in [0.2, 0.25) is 0 Å². The highest BCUT2D eigenvalue weighted by atomic mass is 16.7. The van der Waals surface area contributed by atoms with Crippen molar-refractivity contribution in [3.63, 3.8) is 0 Å². The quantitative estimate of drug-likeness (QED) is 0.0574. The van der Waals surface area contributed by atoms with Gasteiger partial charge in [0.1, 0.15) is 61.0 Å². The number of rotatable bonds is 19. The number of nitrogens with two attached hydrogens (primary N) is 7. The van der Waals surface area contributed by atoms with E-state index in [4.69, 9.17) is 68.6 Å². The monoisotopic (exact) mass is 844 g/mol. The van der Waals surface area contributed by atoms with Crippen molar-refractivity contribution >= 4 is 0 Å². The third-order valence-corrected chi connectivity index (χ3v) is 11.8. The van der Waals surface area contributed by atoms with Crippen LogP contribution < -0.4 is 40.1 Å². The van der Waals surface area contributed by atoms with Gasteiger partial charge in [0.2, 0.25) is 0 Å². The van der Waals surface area contributed by atoms with Gasteiger partial charge < -0.3 is 119 Å². The summed E-state index contributed by atoms with van der Waals surface area (Å²) in [5.74, 6) is -0.246. The van der Waals surface area contributed by atoms with Gasteiger partial charge >= 0.3 is 0 Å². The van der Waals surface area contributed by atoms with Crippen molar-refractivity contribution < 1.29 is 69.3 Å². The Morgan fingerprint density at radius 1 is 0.569 bits per heavy atom. The Morgan fingerprint density at radius 3 is 1.38 bits per heavy atom. The molecular formula is C35H73N9O14. The minimum absolute atomic E-state index is 0.0934. The number of ether oxygens (including phenoxy) is 6. The molecule has 0 radical (unpaired) electrons. The summed E-state index contributed by atoms with van der Waals surface area (Å²) in [5, 5.41) is 85.1. The maximum absolute atomic E-state index is 11.1. The zero-order valence-corrected chi connectivity index (χ0v) is 33.7. The standard InChI is InChI=1S/C35H73N9O14/c1-14-6-18(39)30(57-34-22(41)28(51)26(49)20(8-36)55-34)32(24(14)47)53-12-15(45)10-43(2)4-5-44(3)11-16(46)13-54-33-25(48)17(38)7-19(40)31(33)58-35-23(42)29(52)27(50)21(9-37)56-35/h14-35,45-52H,4-13,36-42H2,1-3H3/t14?,15-,16-,17?,18?,19?,20?,21?,22?,23?,24?,25?,26?,27?,28?,29?,30?,31?,32?,33?,34?,35?/m1/s1. The van der Waals surface area contributed by atoms with Crippen molar-refractivity contribution in [2.45, 2.75) is 148 Å². The van der Waals surface area contributed by atoms with Gasteiger partial charge in [0.25, 0.3) is 0 Å². The normalized spacial score (nSPS) is 45.1. The molecule has 0 aromatic rings. The number of aliphatic hydroxyl groups is 8. The van der Waals surface area contributed by atoms with Crippen LogP contribution in [0.25, 0.3) is 0 Å². The molecular weight excluding hydrogens is 770 g/mol. The first-order chi connectivity index (χ1) is 27.3. The highest BCUT2D eigenvalue weighted by Gasteiger charge is 2.50. The molecule has 4 fully saturated rings. The summed E-state index contributed by atoms with van der Waals surface area (Å²) < 4.78 is 35.6. The van der Waals surface area contributed by atoms with Crippen LogP contribution in [-0.4, -0.2) is 245 Å². The highest BCUT2D eigenvalue weighted by Crippen LogP contribution is 2.32. The Kier molecular flexibility index (Phi) is 19.2. The second kappa shape index (κ2) is 22.4. The van der Waals surface area contributed by atoms with Crippen LogP contribution in [-0.2, 0) is 28.4 Å². The van der Waals surface area contributed by atoms with Gasteiger partial charge in [0.05, 0.1) is 49.7 Å². The van der Waals surface area contributed by atoms with Crippen LogP contribution in [0.1, 0.15) is 19.8 Å². The van der Waals surface area contributed by atoms with Crippen molar-refractivity contribution in [1.82, 2.24) is 9.80 Å². The Hall–Kier alpha value is -0.920.